The maximum absolute atomic E-state index is 11.9. The molecule has 218 valence electrons. The molecule has 0 saturated carbocycles. The normalized spacial score (nSPS) is 17.8. The highest BCUT2D eigenvalue weighted by Crippen LogP contribution is 2.24. The van der Waals surface area contributed by atoms with Crippen LogP contribution in [0.2, 0.25) is 0 Å². The summed E-state index contributed by atoms with van der Waals surface area (Å²) in [5.41, 5.74) is 0. The van der Waals surface area contributed by atoms with E-state index in [1.165, 1.54) is 0 Å². The summed E-state index contributed by atoms with van der Waals surface area (Å²) in [6.07, 6.45) is -7.16. The van der Waals surface area contributed by atoms with E-state index in [0.29, 0.717) is 37.5 Å². The van der Waals surface area contributed by atoms with Crippen LogP contribution >= 0.6 is 0 Å². The molecule has 0 fully saturated rings. The van der Waals surface area contributed by atoms with Crippen LogP contribution in [0.1, 0.15) is 0 Å². The molecule has 0 amide bonds. The highest BCUT2D eigenvalue weighted by molar-refractivity contribution is 7.87. The lowest BCUT2D eigenvalue weighted by Crippen LogP contribution is -2.54. The van der Waals surface area contributed by atoms with Gasteiger partial charge in [0.15, 0.2) is 0 Å². The van der Waals surface area contributed by atoms with E-state index in [9.17, 15) is 50.5 Å². The van der Waals surface area contributed by atoms with Gasteiger partial charge in [0.05, 0.1) is 50.7 Å². The van der Waals surface area contributed by atoms with E-state index >= 15 is 0 Å². The molecule has 18 nitrogen and oxygen atoms in total. The third-order valence-electron chi connectivity index (χ3n) is 3.12. The van der Waals surface area contributed by atoms with Gasteiger partial charge in [-0.2, -0.15) is 50.5 Å². The quantitative estimate of drug-likeness (QED) is 0.137. The first-order valence-corrected chi connectivity index (χ1v) is 19.7. The largest absolute Gasteiger partial charge is 0.267 e. The Hall–Kier alpha value is -0.540. The fraction of sp³-hybridized carbons (Fsp3) is 1.00. The molecule has 0 spiro atoms. The van der Waals surface area contributed by atoms with Gasteiger partial charge in [-0.25, -0.2) is 0 Å². The molecule has 0 heterocycles. The van der Waals surface area contributed by atoms with E-state index in [1.54, 1.807) is 0 Å². The lowest BCUT2D eigenvalue weighted by atomic mass is 10.0. The second-order valence-electron chi connectivity index (χ2n) is 7.18. The Morgan fingerprint density at radius 3 is 0.778 bits per heavy atom. The molecule has 0 radical (unpaired) electrons. The summed E-state index contributed by atoms with van der Waals surface area (Å²) in [7, 11) is -27.4. The van der Waals surface area contributed by atoms with Gasteiger partial charge in [0.2, 0.25) is 0 Å². The van der Waals surface area contributed by atoms with Crippen LogP contribution in [0.25, 0.3) is 0 Å². The Balaban J connectivity index is 7.12. The van der Waals surface area contributed by atoms with E-state index in [1.807, 2.05) is 0 Å². The van der Waals surface area contributed by atoms with Crippen molar-refractivity contribution in [1.82, 2.24) is 0 Å². The van der Waals surface area contributed by atoms with E-state index < -0.39 is 98.3 Å². The van der Waals surface area contributed by atoms with Gasteiger partial charge in [-0.1, -0.05) is 0 Å². The second kappa shape index (κ2) is 12.5. The second-order valence-corrected chi connectivity index (χ2v) is 16.9. The van der Waals surface area contributed by atoms with Crippen molar-refractivity contribution in [2.75, 3.05) is 50.7 Å². The Morgan fingerprint density at radius 2 is 0.611 bits per heavy atom. The van der Waals surface area contributed by atoms with Gasteiger partial charge < -0.3 is 0 Å². The van der Waals surface area contributed by atoms with Gasteiger partial charge in [0, 0.05) is 0 Å². The average Bonchev–Trinajstić information content (AvgIpc) is 2.53. The Morgan fingerprint density at radius 1 is 0.389 bits per heavy atom. The van der Waals surface area contributed by atoms with Crippen LogP contribution in [-0.2, 0) is 85.8 Å². The third-order valence-corrected chi connectivity index (χ3v) is 6.58. The lowest BCUT2D eigenvalue weighted by molar-refractivity contribution is -0.0753. The van der Waals surface area contributed by atoms with Crippen LogP contribution in [0.4, 0.5) is 0 Å². The predicted octanol–water partition coefficient (Wildman–Crippen LogP) is -3.68. The van der Waals surface area contributed by atoms with Crippen molar-refractivity contribution < 1.29 is 75.6 Å². The molecular formula is C12H26O18S6. The first-order chi connectivity index (χ1) is 15.6. The van der Waals surface area contributed by atoms with Gasteiger partial charge >= 0.3 is 0 Å². The van der Waals surface area contributed by atoms with Gasteiger partial charge in [0.25, 0.3) is 60.7 Å². The molecule has 0 bridgehead atoms. The summed E-state index contributed by atoms with van der Waals surface area (Å²) in [5.74, 6) is 0. The molecular weight excluding hydrogens is 625 g/mol. The fourth-order valence-electron chi connectivity index (χ4n) is 2.25. The molecule has 0 aromatic carbocycles. The van der Waals surface area contributed by atoms with Crippen molar-refractivity contribution in [3.8, 4) is 0 Å². The molecule has 36 heavy (non-hydrogen) atoms. The van der Waals surface area contributed by atoms with Crippen molar-refractivity contribution in [2.24, 2.45) is 0 Å². The van der Waals surface area contributed by atoms with Gasteiger partial charge in [0.1, 0.15) is 24.4 Å². The Bertz CT molecular complexity index is 1280. The third kappa shape index (κ3) is 18.7. The average molecular weight is 651 g/mol. The monoisotopic (exact) mass is 650 g/mol. The number of hydrogen-bond acceptors (Lipinski definition) is 18. The van der Waals surface area contributed by atoms with Gasteiger partial charge in [-0.15, -0.1) is 0 Å². The summed E-state index contributed by atoms with van der Waals surface area (Å²) in [5, 5.41) is 0. The smallest absolute Gasteiger partial charge is 0.264 e. The van der Waals surface area contributed by atoms with E-state index in [2.05, 4.69) is 25.1 Å². The molecule has 0 saturated heterocycles. The zero-order chi connectivity index (χ0) is 29.0. The topological polar surface area (TPSA) is 260 Å². The minimum atomic E-state index is -4.72. The summed E-state index contributed by atoms with van der Waals surface area (Å²) in [6.45, 7) is -2.68. The van der Waals surface area contributed by atoms with Crippen LogP contribution in [0.5, 0.6) is 0 Å². The van der Waals surface area contributed by atoms with E-state index in [-0.39, 0.29) is 0 Å². The summed E-state index contributed by atoms with van der Waals surface area (Å²) < 4.78 is 168. The standard InChI is InChI=1S/C12H26O18S6/c1-31(13,14)25-7-9(27-33(3,17)18)11(29-35(5,21)22)12(30-36(6,23)24)10(28-34(4,19)20)8-26-32(2,15)16/h9-12H,7-8H2,1-6H3. The lowest BCUT2D eigenvalue weighted by Gasteiger charge is -2.34. The first kappa shape index (κ1) is 35.5. The maximum Gasteiger partial charge on any atom is 0.264 e. The number of rotatable bonds is 17. The summed E-state index contributed by atoms with van der Waals surface area (Å²) in [6, 6.07) is 0. The summed E-state index contributed by atoms with van der Waals surface area (Å²) >= 11 is 0. The molecule has 4 atom stereocenters. The van der Waals surface area contributed by atoms with E-state index in [4.69, 9.17) is 0 Å². The Kier molecular flexibility index (Phi) is 12.4. The molecule has 0 aromatic rings. The van der Waals surface area contributed by atoms with Crippen LogP contribution < -0.4 is 0 Å². The van der Waals surface area contributed by atoms with Crippen LogP contribution in [0.3, 0.4) is 0 Å². The molecule has 0 aromatic heterocycles. The highest BCUT2D eigenvalue weighted by atomic mass is 32.2. The maximum atomic E-state index is 11.9. The molecule has 0 aliphatic carbocycles. The Labute approximate surface area is 210 Å². The highest BCUT2D eigenvalue weighted by Gasteiger charge is 2.46. The molecule has 4 unspecified atom stereocenters. The zero-order valence-electron chi connectivity index (χ0n) is 19.5. The van der Waals surface area contributed by atoms with Crippen LogP contribution in [0.15, 0.2) is 0 Å². The molecule has 0 aliphatic rings. The fourth-order valence-corrected chi connectivity index (χ4v) is 5.51. The van der Waals surface area contributed by atoms with Crippen molar-refractivity contribution in [1.29, 1.82) is 0 Å². The number of hydrogen-bond donors (Lipinski definition) is 0. The summed E-state index contributed by atoms with van der Waals surface area (Å²) in [4.78, 5) is 0. The van der Waals surface area contributed by atoms with Crippen molar-refractivity contribution in [3.05, 3.63) is 0 Å². The minimum Gasteiger partial charge on any atom is -0.267 e. The van der Waals surface area contributed by atoms with Crippen molar-refractivity contribution in [3.63, 3.8) is 0 Å². The SMILES string of the molecule is CS(=O)(=O)OCC(OS(C)(=O)=O)C(OS(C)(=O)=O)C(OS(C)(=O)=O)C(COS(C)(=O)=O)OS(C)(=O)=O. The molecule has 0 rings (SSSR count). The van der Waals surface area contributed by atoms with Crippen LogP contribution in [-0.4, -0.2) is 126 Å². The van der Waals surface area contributed by atoms with Gasteiger partial charge in [-0.3, -0.25) is 25.1 Å². The minimum absolute atomic E-state index is 0.395. The van der Waals surface area contributed by atoms with Gasteiger partial charge in [-0.05, 0) is 0 Å². The molecule has 0 aliphatic heterocycles. The molecule has 0 N–H and O–H groups in total. The van der Waals surface area contributed by atoms with Crippen LogP contribution in [0, 0.1) is 0 Å². The van der Waals surface area contributed by atoms with Crippen molar-refractivity contribution >= 4 is 60.7 Å². The van der Waals surface area contributed by atoms with Crippen molar-refractivity contribution in [2.45, 2.75) is 24.4 Å². The van der Waals surface area contributed by atoms with E-state index in [0.717, 1.165) is 0 Å². The predicted molar refractivity (Wildman–Crippen MR) is 120 cm³/mol. The molecule has 24 heteroatoms. The first-order valence-electron chi connectivity index (χ1n) is 8.79. The zero-order valence-corrected chi connectivity index (χ0v) is 24.4.